The summed E-state index contributed by atoms with van der Waals surface area (Å²) in [6.45, 7) is 53.1. The number of amides is 3. The summed E-state index contributed by atoms with van der Waals surface area (Å²) in [4.78, 5) is 57.2. The van der Waals surface area contributed by atoms with E-state index in [0.717, 1.165) is 127 Å². The van der Waals surface area contributed by atoms with Gasteiger partial charge >= 0.3 is 12.0 Å². The Bertz CT molecular complexity index is 1700. The molecule has 85 heavy (non-hydrogen) atoms. The van der Waals surface area contributed by atoms with Crippen LogP contribution in [0.4, 0.5) is 4.79 Å². The van der Waals surface area contributed by atoms with Crippen molar-refractivity contribution in [3.8, 4) is 0 Å². The second-order valence-electron chi connectivity index (χ2n) is 28.1. The van der Waals surface area contributed by atoms with Crippen molar-refractivity contribution in [2.75, 3.05) is 151 Å². The fraction of sp³-hybridized carbons (Fsp3) is 0.939. The molecule has 0 bridgehead atoms. The van der Waals surface area contributed by atoms with Gasteiger partial charge < -0.3 is 64.4 Å². The van der Waals surface area contributed by atoms with Gasteiger partial charge in [-0.05, 0) is 170 Å². The van der Waals surface area contributed by atoms with E-state index >= 15 is 0 Å². The molecule has 3 amide bonds. The lowest BCUT2D eigenvalue weighted by atomic mass is 9.88. The molecule has 5 aliphatic heterocycles. The van der Waals surface area contributed by atoms with E-state index < -0.39 is 0 Å². The number of carbonyl (C=O) groups excluding carboxylic acids is 4. The maximum Gasteiger partial charge on any atom is 0.315 e. The van der Waals surface area contributed by atoms with Crippen LogP contribution in [0.25, 0.3) is 0 Å². The standard InChI is InChI=1S/C29H52N4O7S.C13H25NO2.C10H23N.C8H17NO.C6H15N/c1-22(2)33-11-7-23(8-12-33)25(34)9-13-37-15-17-39-19-20-40-18-16-38-14-10-30-27(35)6-4-3-5-26-28-24(21-41-26)31-29(36)32-28;1-10(2)14-8-6-11(7-9-14)12(15)16-13(3,4)5;1-8(2)7-11-9(3)10(4,5)6;1-8(2)7-9-3-5-10-6-4-9;1-6(2)5-7(3)4/h22-24,26,28H,3-21H2,1-2H3,(H,30,35)(H2,31,32,36);10-11H,6-9H2,1-5H3;8-9,11H,7H2,1-6H3;8H,3-7H2,1-2H3;6H,5H2,1-4H3/t;;9-;;/m..1../s1. The number of Topliss-reactive ketones (excluding diaryl/α,β-unsaturated/α-hetero) is 1. The predicted octanol–water partition coefficient (Wildman–Crippen LogP) is 9.27. The van der Waals surface area contributed by atoms with Gasteiger partial charge in [0.1, 0.15) is 11.4 Å². The van der Waals surface area contributed by atoms with Crippen LogP contribution < -0.4 is 21.3 Å². The first kappa shape index (κ1) is 80.8. The number of morpholine rings is 1. The van der Waals surface area contributed by atoms with Gasteiger partial charge in [0.25, 0.3) is 0 Å². The Hall–Kier alpha value is -2.17. The van der Waals surface area contributed by atoms with E-state index in [2.05, 4.69) is 152 Å². The van der Waals surface area contributed by atoms with Crippen LogP contribution >= 0.6 is 11.8 Å². The monoisotopic (exact) mass is 1230 g/mol. The number of unbranched alkanes of at least 4 members (excludes halogenated alkanes) is 1. The molecule has 4 atom stereocenters. The molecule has 0 radical (unpaired) electrons. The number of likely N-dealkylation sites (tertiary alicyclic amines) is 2. The zero-order chi connectivity index (χ0) is 64.0. The first-order chi connectivity index (χ1) is 40.0. The van der Waals surface area contributed by atoms with E-state index in [4.69, 9.17) is 28.4 Å². The second kappa shape index (κ2) is 46.0. The van der Waals surface area contributed by atoms with Gasteiger partial charge in [-0.3, -0.25) is 19.3 Å². The fourth-order valence-electron chi connectivity index (χ4n) is 10.3. The zero-order valence-electron chi connectivity index (χ0n) is 57.8. The van der Waals surface area contributed by atoms with E-state index in [1.807, 2.05) is 32.5 Å². The molecular formula is C66H132N8O10S. The molecule has 19 heteroatoms. The molecule has 0 aliphatic carbocycles. The number of fused-ring (bicyclic) bond motifs is 1. The van der Waals surface area contributed by atoms with E-state index in [-0.39, 0.29) is 47.4 Å². The van der Waals surface area contributed by atoms with Gasteiger partial charge in [0.2, 0.25) is 5.91 Å². The first-order valence-electron chi connectivity index (χ1n) is 33.2. The third-order valence-electron chi connectivity index (χ3n) is 15.6. The van der Waals surface area contributed by atoms with Crippen LogP contribution in [-0.2, 0) is 42.8 Å². The third-order valence-corrected chi connectivity index (χ3v) is 17.1. The molecule has 5 fully saturated rings. The van der Waals surface area contributed by atoms with Crippen LogP contribution in [0.3, 0.4) is 0 Å². The quantitative estimate of drug-likeness (QED) is 0.0292. The van der Waals surface area contributed by atoms with Crippen molar-refractivity contribution >= 4 is 35.5 Å². The summed E-state index contributed by atoms with van der Waals surface area (Å²) in [5.41, 5.74) is 0.0289. The zero-order valence-corrected chi connectivity index (χ0v) is 58.7. The average molecular weight is 1230 g/mol. The van der Waals surface area contributed by atoms with Crippen molar-refractivity contribution in [1.29, 1.82) is 0 Å². The van der Waals surface area contributed by atoms with Crippen LogP contribution in [0.2, 0.25) is 0 Å². The van der Waals surface area contributed by atoms with Gasteiger partial charge in [0.05, 0.1) is 84.1 Å². The average Bonchev–Trinajstić information content (AvgIpc) is 2.48. The summed E-state index contributed by atoms with van der Waals surface area (Å²) in [7, 11) is 4.19. The molecule has 18 nitrogen and oxygen atoms in total. The summed E-state index contributed by atoms with van der Waals surface area (Å²) in [5.74, 6) is 3.96. The maximum atomic E-state index is 12.4. The van der Waals surface area contributed by atoms with Crippen LogP contribution in [0, 0.1) is 35.0 Å². The van der Waals surface area contributed by atoms with E-state index in [1.165, 1.54) is 13.1 Å². The Balaban J connectivity index is 0.000000661. The van der Waals surface area contributed by atoms with Gasteiger partial charge in [-0.25, -0.2) is 4.79 Å². The normalized spacial score (nSPS) is 20.4. The highest BCUT2D eigenvalue weighted by molar-refractivity contribution is 8.00. The number of nitrogens with zero attached hydrogens (tertiary/aromatic N) is 4. The summed E-state index contributed by atoms with van der Waals surface area (Å²) in [6.07, 6.45) is 7.65. The van der Waals surface area contributed by atoms with Gasteiger partial charge in [0, 0.05) is 74.1 Å². The Labute approximate surface area is 524 Å². The molecule has 502 valence electrons. The molecule has 0 saturated carbocycles. The summed E-state index contributed by atoms with van der Waals surface area (Å²) in [6, 6.07) is 2.16. The number of esters is 1. The minimum Gasteiger partial charge on any atom is -0.460 e. The van der Waals surface area contributed by atoms with Crippen molar-refractivity contribution in [3.05, 3.63) is 0 Å². The lowest BCUT2D eigenvalue weighted by Gasteiger charge is -2.34. The molecule has 3 unspecified atom stereocenters. The Kier molecular flexibility index (Phi) is 43.7. The number of nitrogens with one attached hydrogen (secondary N) is 4. The van der Waals surface area contributed by atoms with Crippen LogP contribution in [-0.4, -0.2) is 236 Å². The first-order valence-corrected chi connectivity index (χ1v) is 34.2. The van der Waals surface area contributed by atoms with Gasteiger partial charge in [-0.2, -0.15) is 11.8 Å². The smallest absolute Gasteiger partial charge is 0.315 e. The summed E-state index contributed by atoms with van der Waals surface area (Å²) >= 11 is 1.91. The second-order valence-corrected chi connectivity index (χ2v) is 29.3. The number of piperidine rings is 2. The largest absolute Gasteiger partial charge is 0.460 e. The lowest BCUT2D eigenvalue weighted by Crippen LogP contribution is -2.41. The highest BCUT2D eigenvalue weighted by Gasteiger charge is 2.42. The number of thioether (sulfide) groups is 1. The topological polar surface area (TPSA) is 185 Å². The molecule has 5 aliphatic rings. The molecule has 0 aromatic carbocycles. The van der Waals surface area contributed by atoms with Crippen molar-refractivity contribution in [2.24, 2.45) is 35.0 Å². The van der Waals surface area contributed by atoms with Crippen molar-refractivity contribution in [1.82, 2.24) is 40.9 Å². The molecule has 0 spiro atoms. The lowest BCUT2D eigenvalue weighted by molar-refractivity contribution is -0.161. The molecular weight excluding hydrogens is 1100 g/mol. The van der Waals surface area contributed by atoms with Gasteiger partial charge in [0.15, 0.2) is 0 Å². The predicted molar refractivity (Wildman–Crippen MR) is 352 cm³/mol. The number of ether oxygens (including phenoxy) is 6. The highest BCUT2D eigenvalue weighted by Crippen LogP contribution is 2.33. The van der Waals surface area contributed by atoms with Crippen LogP contribution in [0.5, 0.6) is 0 Å². The molecule has 5 rings (SSSR count). The Morgan fingerprint density at radius 2 is 1.18 bits per heavy atom. The Morgan fingerprint density at radius 3 is 1.64 bits per heavy atom. The van der Waals surface area contributed by atoms with Crippen LogP contribution in [0.1, 0.15) is 175 Å². The molecule has 0 aromatic heterocycles. The number of ketones is 1. The number of urea groups is 1. The van der Waals surface area contributed by atoms with Crippen molar-refractivity contribution in [2.45, 2.75) is 217 Å². The van der Waals surface area contributed by atoms with E-state index in [9.17, 15) is 19.2 Å². The number of rotatable bonds is 31. The van der Waals surface area contributed by atoms with Crippen molar-refractivity contribution < 1.29 is 47.6 Å². The molecule has 5 saturated heterocycles. The highest BCUT2D eigenvalue weighted by atomic mass is 32.2. The maximum absolute atomic E-state index is 12.4. The SMILES string of the molecule is CC(C)CN(C)C.CC(C)CN1CCOCC1.CC(C)CN[C@H](C)C(C)(C)C.CC(C)N1CCC(C(=O)CCOCCOCCOCCOCCNC(=O)CCCCC2SCC3NC(=O)NC32)CC1.CC(C)N1CCC(C(=O)OC(C)(C)C)CC1. The third kappa shape index (κ3) is 41.7. The summed E-state index contributed by atoms with van der Waals surface area (Å²) < 4.78 is 32.7. The molecule has 4 N–H and O–H groups in total. The summed E-state index contributed by atoms with van der Waals surface area (Å²) in [5, 5.41) is 12.8. The minimum absolute atomic E-state index is 0.0177. The number of hydrogen-bond donors (Lipinski definition) is 4. The number of hydrogen-bond acceptors (Lipinski definition) is 16. The van der Waals surface area contributed by atoms with Gasteiger partial charge in [-0.1, -0.05) is 68.7 Å². The fourth-order valence-corrected chi connectivity index (χ4v) is 11.8. The minimum atomic E-state index is -0.355. The van der Waals surface area contributed by atoms with Gasteiger partial charge in [-0.15, -0.1) is 0 Å². The van der Waals surface area contributed by atoms with E-state index in [0.29, 0.717) is 107 Å². The number of carbonyl (C=O) groups is 4. The van der Waals surface area contributed by atoms with E-state index in [1.54, 1.807) is 0 Å². The molecule has 5 heterocycles. The van der Waals surface area contributed by atoms with Crippen molar-refractivity contribution in [3.63, 3.8) is 0 Å². The Morgan fingerprint density at radius 1 is 0.659 bits per heavy atom. The van der Waals surface area contributed by atoms with Crippen LogP contribution in [0.15, 0.2) is 0 Å². The molecule has 0 aromatic rings.